The summed E-state index contributed by atoms with van der Waals surface area (Å²) in [5, 5.41) is 2.96. The highest BCUT2D eigenvalue weighted by atomic mass is 16.5. The van der Waals surface area contributed by atoms with Crippen molar-refractivity contribution < 1.29 is 14.3 Å². The molecule has 154 valence electrons. The van der Waals surface area contributed by atoms with Crippen molar-refractivity contribution in [3.63, 3.8) is 0 Å². The molecule has 30 heavy (non-hydrogen) atoms. The Morgan fingerprint density at radius 3 is 2.73 bits per heavy atom. The number of carbonyl (C=O) groups is 2. The van der Waals surface area contributed by atoms with E-state index < -0.39 is 0 Å². The molecule has 1 saturated heterocycles. The number of anilines is 1. The number of nitrogens with one attached hydrogen (secondary N) is 1. The monoisotopic (exact) mass is 404 g/mol. The first-order chi connectivity index (χ1) is 14.6. The van der Waals surface area contributed by atoms with Crippen molar-refractivity contribution in [2.75, 3.05) is 18.6 Å². The van der Waals surface area contributed by atoms with Gasteiger partial charge in [-0.3, -0.25) is 9.59 Å². The Morgan fingerprint density at radius 2 is 2.00 bits per heavy atom. The van der Waals surface area contributed by atoms with Gasteiger partial charge in [0.05, 0.1) is 19.4 Å². The molecule has 0 radical (unpaired) electrons. The van der Waals surface area contributed by atoms with Gasteiger partial charge in [0.1, 0.15) is 5.75 Å². The number of benzene rings is 2. The average molecular weight is 404 g/mol. The first kappa shape index (κ1) is 19.7. The zero-order chi connectivity index (χ0) is 20.9. The summed E-state index contributed by atoms with van der Waals surface area (Å²) < 4.78 is 7.23. The standard InChI is InChI=1S/C23H24N4O3/c1-30-21-4-2-3-20(12-21)27-15-19(11-22(27)28)23(29)25-13-17-5-7-18(8-6-17)14-26-10-9-24-16-26/h2-10,12,16,19H,11,13-15H2,1H3,(H,25,29)/t19-/m1/s1. The van der Waals surface area contributed by atoms with Gasteiger partial charge in [-0.25, -0.2) is 4.98 Å². The minimum Gasteiger partial charge on any atom is -0.497 e. The zero-order valence-electron chi connectivity index (χ0n) is 16.8. The number of rotatable bonds is 7. The molecule has 7 nitrogen and oxygen atoms in total. The maximum Gasteiger partial charge on any atom is 0.227 e. The van der Waals surface area contributed by atoms with E-state index in [1.807, 2.05) is 59.3 Å². The minimum atomic E-state index is -0.357. The van der Waals surface area contributed by atoms with Crippen molar-refractivity contribution in [2.24, 2.45) is 5.92 Å². The molecule has 1 fully saturated rings. The van der Waals surface area contributed by atoms with Crippen LogP contribution < -0.4 is 15.0 Å². The lowest BCUT2D eigenvalue weighted by Crippen LogP contribution is -2.32. The average Bonchev–Trinajstić information content (AvgIpc) is 3.42. The van der Waals surface area contributed by atoms with Gasteiger partial charge in [0.2, 0.25) is 11.8 Å². The second-order valence-corrected chi connectivity index (χ2v) is 7.38. The number of imidazole rings is 1. The Morgan fingerprint density at radius 1 is 1.20 bits per heavy atom. The molecule has 1 N–H and O–H groups in total. The smallest absolute Gasteiger partial charge is 0.227 e. The SMILES string of the molecule is COc1cccc(N2C[C@H](C(=O)NCc3ccc(Cn4ccnc4)cc3)CC2=O)c1. The number of methoxy groups -OCH3 is 1. The molecule has 1 aliphatic heterocycles. The molecule has 0 aliphatic carbocycles. The largest absolute Gasteiger partial charge is 0.497 e. The zero-order valence-corrected chi connectivity index (χ0v) is 16.8. The van der Waals surface area contributed by atoms with Crippen LogP contribution in [-0.4, -0.2) is 35.0 Å². The maximum atomic E-state index is 12.6. The van der Waals surface area contributed by atoms with Crippen LogP contribution in [0.5, 0.6) is 5.75 Å². The summed E-state index contributed by atoms with van der Waals surface area (Å²) in [7, 11) is 1.59. The summed E-state index contributed by atoms with van der Waals surface area (Å²) in [6.45, 7) is 1.58. The summed E-state index contributed by atoms with van der Waals surface area (Å²) in [5.41, 5.74) is 2.94. The van der Waals surface area contributed by atoms with Crippen molar-refractivity contribution in [3.8, 4) is 5.75 Å². The van der Waals surface area contributed by atoms with Crippen LogP contribution in [0.3, 0.4) is 0 Å². The third-order valence-corrected chi connectivity index (χ3v) is 5.27. The van der Waals surface area contributed by atoms with Crippen LogP contribution in [0.4, 0.5) is 5.69 Å². The third kappa shape index (κ3) is 4.51. The Bertz CT molecular complexity index is 1020. The summed E-state index contributed by atoms with van der Waals surface area (Å²) in [6.07, 6.45) is 5.68. The number of ether oxygens (including phenoxy) is 1. The molecular weight excluding hydrogens is 380 g/mol. The van der Waals surface area contributed by atoms with E-state index in [0.717, 1.165) is 17.8 Å². The molecule has 7 heteroatoms. The number of carbonyl (C=O) groups excluding carboxylic acids is 2. The van der Waals surface area contributed by atoms with Crippen LogP contribution in [0.15, 0.2) is 67.3 Å². The van der Waals surface area contributed by atoms with Gasteiger partial charge >= 0.3 is 0 Å². The van der Waals surface area contributed by atoms with Gasteiger partial charge in [0.15, 0.2) is 0 Å². The summed E-state index contributed by atoms with van der Waals surface area (Å²) in [5.74, 6) is 0.178. The van der Waals surface area contributed by atoms with E-state index in [9.17, 15) is 9.59 Å². The lowest BCUT2D eigenvalue weighted by Gasteiger charge is -2.17. The molecular formula is C23H24N4O3. The molecule has 0 spiro atoms. The van der Waals surface area contributed by atoms with Crippen molar-refractivity contribution >= 4 is 17.5 Å². The van der Waals surface area contributed by atoms with Gasteiger partial charge in [-0.05, 0) is 23.3 Å². The molecule has 0 bridgehead atoms. The van der Waals surface area contributed by atoms with Crippen molar-refractivity contribution in [1.82, 2.24) is 14.9 Å². The van der Waals surface area contributed by atoms with Gasteiger partial charge in [-0.1, -0.05) is 30.3 Å². The predicted molar refractivity (Wildman–Crippen MR) is 113 cm³/mol. The van der Waals surface area contributed by atoms with Crippen LogP contribution in [0, 0.1) is 5.92 Å². The van der Waals surface area contributed by atoms with E-state index in [-0.39, 0.29) is 24.2 Å². The van der Waals surface area contributed by atoms with E-state index in [2.05, 4.69) is 10.3 Å². The first-order valence-corrected chi connectivity index (χ1v) is 9.88. The van der Waals surface area contributed by atoms with Crippen LogP contribution in [0.25, 0.3) is 0 Å². The number of amides is 2. The fourth-order valence-corrected chi connectivity index (χ4v) is 3.60. The normalized spacial score (nSPS) is 16.0. The quantitative estimate of drug-likeness (QED) is 0.657. The van der Waals surface area contributed by atoms with E-state index in [0.29, 0.717) is 18.8 Å². The molecule has 3 aromatic rings. The number of hydrogen-bond acceptors (Lipinski definition) is 4. The maximum absolute atomic E-state index is 12.6. The number of aromatic nitrogens is 2. The second-order valence-electron chi connectivity index (χ2n) is 7.38. The summed E-state index contributed by atoms with van der Waals surface area (Å²) in [4.78, 5) is 30.7. The van der Waals surface area contributed by atoms with E-state index in [1.165, 1.54) is 5.56 Å². The molecule has 2 amide bonds. The molecule has 4 rings (SSSR count). The third-order valence-electron chi connectivity index (χ3n) is 5.27. The Labute approximate surface area is 175 Å². The van der Waals surface area contributed by atoms with E-state index in [1.54, 1.807) is 24.5 Å². The van der Waals surface area contributed by atoms with Crippen LogP contribution in [0.2, 0.25) is 0 Å². The molecule has 2 aromatic carbocycles. The van der Waals surface area contributed by atoms with Crippen LogP contribution >= 0.6 is 0 Å². The first-order valence-electron chi connectivity index (χ1n) is 9.88. The van der Waals surface area contributed by atoms with Gasteiger partial charge < -0.3 is 19.5 Å². The Hall–Kier alpha value is -3.61. The lowest BCUT2D eigenvalue weighted by atomic mass is 10.1. The Kier molecular flexibility index (Phi) is 5.79. The molecule has 1 aliphatic rings. The van der Waals surface area contributed by atoms with E-state index in [4.69, 9.17) is 4.74 Å². The van der Waals surface area contributed by atoms with E-state index >= 15 is 0 Å². The number of nitrogens with zero attached hydrogens (tertiary/aromatic N) is 3. The van der Waals surface area contributed by atoms with Crippen molar-refractivity contribution in [2.45, 2.75) is 19.5 Å². The van der Waals surface area contributed by atoms with Gasteiger partial charge in [0.25, 0.3) is 0 Å². The molecule has 2 heterocycles. The fourth-order valence-electron chi connectivity index (χ4n) is 3.60. The van der Waals surface area contributed by atoms with Crippen LogP contribution in [0.1, 0.15) is 17.5 Å². The van der Waals surface area contributed by atoms with Crippen LogP contribution in [-0.2, 0) is 22.7 Å². The molecule has 0 saturated carbocycles. The number of hydrogen-bond donors (Lipinski definition) is 1. The molecule has 1 aromatic heterocycles. The highest BCUT2D eigenvalue weighted by Crippen LogP contribution is 2.28. The summed E-state index contributed by atoms with van der Waals surface area (Å²) in [6, 6.07) is 15.4. The second kappa shape index (κ2) is 8.82. The van der Waals surface area contributed by atoms with Crippen molar-refractivity contribution in [3.05, 3.63) is 78.4 Å². The van der Waals surface area contributed by atoms with Crippen molar-refractivity contribution in [1.29, 1.82) is 0 Å². The predicted octanol–water partition coefficient (Wildman–Crippen LogP) is 2.61. The van der Waals surface area contributed by atoms with Gasteiger partial charge in [0, 0.05) is 50.2 Å². The Balaban J connectivity index is 1.31. The highest BCUT2D eigenvalue weighted by Gasteiger charge is 2.35. The minimum absolute atomic E-state index is 0.0488. The lowest BCUT2D eigenvalue weighted by molar-refractivity contribution is -0.126. The highest BCUT2D eigenvalue weighted by molar-refractivity contribution is 6.00. The topological polar surface area (TPSA) is 76.5 Å². The fraction of sp³-hybridized carbons (Fsp3) is 0.261. The molecule has 0 unspecified atom stereocenters. The summed E-state index contributed by atoms with van der Waals surface area (Å²) >= 11 is 0. The van der Waals surface area contributed by atoms with Gasteiger partial charge in [-0.2, -0.15) is 0 Å². The molecule has 1 atom stereocenters. The van der Waals surface area contributed by atoms with Gasteiger partial charge in [-0.15, -0.1) is 0 Å².